The molecule has 4 rings (SSSR count). The fourth-order valence-corrected chi connectivity index (χ4v) is 3.41. The molecule has 0 fully saturated rings. The van der Waals surface area contributed by atoms with Gasteiger partial charge in [-0.1, -0.05) is 18.2 Å². The normalized spacial score (nSPS) is 11.1. The highest BCUT2D eigenvalue weighted by Crippen LogP contribution is 2.24. The van der Waals surface area contributed by atoms with Crippen LogP contribution in [0.25, 0.3) is 22.0 Å². The van der Waals surface area contributed by atoms with Crippen LogP contribution in [-0.2, 0) is 6.54 Å². The first-order valence-corrected chi connectivity index (χ1v) is 9.22. The molecular formula is C23H15F3N2O3. The van der Waals surface area contributed by atoms with E-state index in [2.05, 4.69) is 4.98 Å². The molecule has 5 nitrogen and oxygen atoms in total. The number of pyridine rings is 2. The van der Waals surface area contributed by atoms with E-state index in [0.717, 1.165) is 28.6 Å². The predicted molar refractivity (Wildman–Crippen MR) is 109 cm³/mol. The second kappa shape index (κ2) is 7.71. The number of rotatable bonds is 4. The zero-order valence-electron chi connectivity index (χ0n) is 16.2. The Morgan fingerprint density at radius 2 is 1.71 bits per heavy atom. The molecule has 2 aromatic carbocycles. The average Bonchev–Trinajstić information content (AvgIpc) is 2.73. The number of halogens is 3. The summed E-state index contributed by atoms with van der Waals surface area (Å²) in [6.07, 6.45) is 2.50. The van der Waals surface area contributed by atoms with Crippen LogP contribution in [-0.4, -0.2) is 20.6 Å². The van der Waals surface area contributed by atoms with Crippen LogP contribution in [0, 0.1) is 24.4 Å². The summed E-state index contributed by atoms with van der Waals surface area (Å²) in [4.78, 5) is 28.0. The monoisotopic (exact) mass is 424 g/mol. The Hall–Kier alpha value is -3.94. The summed E-state index contributed by atoms with van der Waals surface area (Å²) in [6, 6.07) is 9.55. The molecule has 0 atom stereocenters. The van der Waals surface area contributed by atoms with Crippen LogP contribution in [0.1, 0.15) is 21.6 Å². The number of nitrogens with zero attached hydrogens (tertiary/aromatic N) is 2. The summed E-state index contributed by atoms with van der Waals surface area (Å²) in [6.45, 7) is 1.52. The molecule has 0 radical (unpaired) electrons. The quantitative estimate of drug-likeness (QED) is 0.522. The molecule has 0 saturated carbocycles. The van der Waals surface area contributed by atoms with Gasteiger partial charge in [-0.05, 0) is 36.8 Å². The highest BCUT2D eigenvalue weighted by atomic mass is 19.1. The number of aromatic nitrogens is 2. The smallest absolute Gasteiger partial charge is 0.341 e. The fourth-order valence-electron chi connectivity index (χ4n) is 3.41. The van der Waals surface area contributed by atoms with Gasteiger partial charge < -0.3 is 9.67 Å². The van der Waals surface area contributed by atoms with E-state index >= 15 is 0 Å². The highest BCUT2D eigenvalue weighted by molar-refractivity contribution is 5.93. The van der Waals surface area contributed by atoms with Gasteiger partial charge in [0.2, 0.25) is 5.43 Å². The third-order valence-corrected chi connectivity index (χ3v) is 4.99. The summed E-state index contributed by atoms with van der Waals surface area (Å²) < 4.78 is 44.6. The van der Waals surface area contributed by atoms with Crippen LogP contribution < -0.4 is 5.43 Å². The Morgan fingerprint density at radius 1 is 1.00 bits per heavy atom. The Kier molecular flexibility index (Phi) is 5.06. The van der Waals surface area contributed by atoms with Gasteiger partial charge in [-0.2, -0.15) is 0 Å². The number of carboxylic acid groups (broad SMARTS) is 1. The van der Waals surface area contributed by atoms with E-state index in [1.807, 2.05) is 6.92 Å². The maximum Gasteiger partial charge on any atom is 0.341 e. The molecule has 2 aromatic heterocycles. The highest BCUT2D eigenvalue weighted by Gasteiger charge is 2.20. The first kappa shape index (κ1) is 20.3. The largest absolute Gasteiger partial charge is 0.477 e. The lowest BCUT2D eigenvalue weighted by molar-refractivity contribution is 0.0695. The number of aromatic carboxylic acids is 1. The molecule has 0 bridgehead atoms. The number of hydrogen-bond donors (Lipinski definition) is 1. The molecule has 8 heteroatoms. The van der Waals surface area contributed by atoms with Gasteiger partial charge >= 0.3 is 5.97 Å². The summed E-state index contributed by atoms with van der Waals surface area (Å²) in [5.41, 5.74) is -0.115. The predicted octanol–water partition coefficient (Wildman–Crippen LogP) is 4.54. The van der Waals surface area contributed by atoms with Gasteiger partial charge in [-0.25, -0.2) is 18.0 Å². The Labute approximate surface area is 174 Å². The summed E-state index contributed by atoms with van der Waals surface area (Å²) in [7, 11) is 0. The van der Waals surface area contributed by atoms with Crippen molar-refractivity contribution in [1.82, 2.24) is 9.55 Å². The number of carboxylic acids is 1. The lowest BCUT2D eigenvalue weighted by Crippen LogP contribution is -2.21. The maximum absolute atomic E-state index is 14.8. The molecule has 156 valence electrons. The van der Waals surface area contributed by atoms with Gasteiger partial charge in [0.05, 0.1) is 17.4 Å². The molecule has 0 aliphatic rings. The summed E-state index contributed by atoms with van der Waals surface area (Å²) in [5, 5.41) is 8.61. The molecule has 0 aliphatic carbocycles. The maximum atomic E-state index is 14.8. The SMILES string of the molecule is Cc1ccc(-c2ccc(Cn3cc(C(=O)O)c(=O)c4c(F)ccc(F)c43)c(F)c2)cn1. The van der Waals surface area contributed by atoms with Gasteiger partial charge in [-0.15, -0.1) is 0 Å². The van der Waals surface area contributed by atoms with Crippen molar-refractivity contribution in [2.24, 2.45) is 0 Å². The first-order valence-electron chi connectivity index (χ1n) is 9.22. The third kappa shape index (κ3) is 3.68. The zero-order chi connectivity index (χ0) is 22.3. The van der Waals surface area contributed by atoms with Crippen molar-refractivity contribution < 1.29 is 23.1 Å². The minimum Gasteiger partial charge on any atom is -0.477 e. The Bertz CT molecular complexity index is 1400. The van der Waals surface area contributed by atoms with Crippen LogP contribution in [0.5, 0.6) is 0 Å². The van der Waals surface area contributed by atoms with E-state index in [4.69, 9.17) is 0 Å². The summed E-state index contributed by atoms with van der Waals surface area (Å²) in [5.74, 6) is -4.19. The van der Waals surface area contributed by atoms with E-state index in [1.54, 1.807) is 24.4 Å². The average molecular weight is 424 g/mol. The molecule has 0 amide bonds. The van der Waals surface area contributed by atoms with E-state index in [-0.39, 0.29) is 12.1 Å². The van der Waals surface area contributed by atoms with Crippen LogP contribution in [0.4, 0.5) is 13.2 Å². The number of carbonyl (C=O) groups is 1. The molecular weight excluding hydrogens is 409 g/mol. The van der Waals surface area contributed by atoms with Crippen molar-refractivity contribution in [3.63, 3.8) is 0 Å². The van der Waals surface area contributed by atoms with Crippen LogP contribution in [0.2, 0.25) is 0 Å². The first-order chi connectivity index (χ1) is 14.8. The van der Waals surface area contributed by atoms with E-state index in [1.165, 1.54) is 12.1 Å². The lowest BCUT2D eigenvalue weighted by atomic mass is 10.0. The fraction of sp³-hybridized carbons (Fsp3) is 0.0870. The topological polar surface area (TPSA) is 72.2 Å². The van der Waals surface area contributed by atoms with Gasteiger partial charge in [0, 0.05) is 29.2 Å². The van der Waals surface area contributed by atoms with Gasteiger partial charge in [0.1, 0.15) is 23.0 Å². The van der Waals surface area contributed by atoms with Crippen LogP contribution in [0.15, 0.2) is 59.7 Å². The lowest BCUT2D eigenvalue weighted by Gasteiger charge is -2.14. The number of aryl methyl sites for hydroxylation is 1. The summed E-state index contributed by atoms with van der Waals surface area (Å²) >= 11 is 0. The van der Waals surface area contributed by atoms with E-state index < -0.39 is 45.3 Å². The second-order valence-electron chi connectivity index (χ2n) is 7.05. The minimum atomic E-state index is -1.59. The van der Waals surface area contributed by atoms with Crippen molar-refractivity contribution in [3.05, 3.63) is 99.4 Å². The van der Waals surface area contributed by atoms with E-state index in [9.17, 15) is 27.9 Å². The minimum absolute atomic E-state index is 0.105. The molecule has 4 aromatic rings. The molecule has 2 heterocycles. The molecule has 0 aliphatic heterocycles. The van der Waals surface area contributed by atoms with Crippen molar-refractivity contribution in [2.75, 3.05) is 0 Å². The van der Waals surface area contributed by atoms with Crippen molar-refractivity contribution in [2.45, 2.75) is 13.5 Å². The standard InChI is InChI=1S/C23H15F3N2O3/c1-12-2-3-14(9-27-12)13-4-5-15(19(26)8-13)10-28-11-16(23(30)31)22(29)20-17(24)6-7-18(25)21(20)28/h2-9,11H,10H2,1H3,(H,30,31). The van der Waals surface area contributed by atoms with Crippen LogP contribution >= 0.6 is 0 Å². The van der Waals surface area contributed by atoms with E-state index in [0.29, 0.717) is 11.1 Å². The molecule has 0 unspecified atom stereocenters. The zero-order valence-corrected chi connectivity index (χ0v) is 16.2. The molecule has 1 N–H and O–H groups in total. The van der Waals surface area contributed by atoms with Gasteiger partial charge in [0.15, 0.2) is 0 Å². The van der Waals surface area contributed by atoms with Gasteiger partial charge in [-0.3, -0.25) is 9.78 Å². The molecule has 0 spiro atoms. The van der Waals surface area contributed by atoms with Crippen LogP contribution in [0.3, 0.4) is 0 Å². The van der Waals surface area contributed by atoms with Crippen molar-refractivity contribution in [3.8, 4) is 11.1 Å². The van der Waals surface area contributed by atoms with Gasteiger partial charge in [0.25, 0.3) is 0 Å². The van der Waals surface area contributed by atoms with Crippen molar-refractivity contribution in [1.29, 1.82) is 0 Å². The Balaban J connectivity index is 1.84. The molecule has 0 saturated heterocycles. The number of benzene rings is 2. The second-order valence-corrected chi connectivity index (χ2v) is 7.05. The number of fused-ring (bicyclic) bond motifs is 1. The number of hydrogen-bond acceptors (Lipinski definition) is 3. The molecule has 31 heavy (non-hydrogen) atoms. The van der Waals surface area contributed by atoms with Crippen molar-refractivity contribution >= 4 is 16.9 Å². The third-order valence-electron chi connectivity index (χ3n) is 4.99. The Morgan fingerprint density at radius 3 is 2.35 bits per heavy atom.